The molecule has 0 heterocycles. The van der Waals surface area contributed by atoms with Gasteiger partial charge in [-0.15, -0.1) is 0 Å². The molecular formula is C19H46N6O. The summed E-state index contributed by atoms with van der Waals surface area (Å²) in [5.74, 6) is 13.8. The molecule has 7 N–H and O–H groups in total. The number of quaternary nitrogens is 1. The molecule has 0 radical (unpaired) electrons. The number of nitrogens with zero attached hydrogens (tertiary/aromatic N) is 2. The molecule has 0 saturated carbocycles. The molecule has 0 aliphatic heterocycles. The summed E-state index contributed by atoms with van der Waals surface area (Å²) in [5, 5.41) is 18.1. The van der Waals surface area contributed by atoms with Gasteiger partial charge in [0.15, 0.2) is 11.2 Å². The third-order valence-corrected chi connectivity index (χ3v) is 7.37. The Morgan fingerprint density at radius 3 is 1.58 bits per heavy atom. The molecule has 0 aromatic carbocycles. The van der Waals surface area contributed by atoms with Gasteiger partial charge in [0, 0.05) is 19.3 Å². The minimum Gasteiger partial charge on any atom is -0.783 e. The van der Waals surface area contributed by atoms with E-state index in [1.807, 2.05) is 27.7 Å². The molecule has 0 fully saturated rings. The third kappa shape index (κ3) is 3.68. The third-order valence-electron chi connectivity index (χ3n) is 7.37. The molecule has 26 heavy (non-hydrogen) atoms. The van der Waals surface area contributed by atoms with Gasteiger partial charge >= 0.3 is 0 Å². The summed E-state index contributed by atoms with van der Waals surface area (Å²) in [6.07, 6.45) is 3.30. The Kier molecular flexibility index (Phi) is 8.72. The van der Waals surface area contributed by atoms with Gasteiger partial charge < -0.3 is 16.0 Å². The molecule has 0 spiro atoms. The fourth-order valence-electron chi connectivity index (χ4n) is 4.45. The first-order valence-corrected chi connectivity index (χ1v) is 10.2. The maximum Gasteiger partial charge on any atom is 0.188 e. The van der Waals surface area contributed by atoms with Crippen molar-refractivity contribution in [1.82, 2.24) is 10.4 Å². The lowest BCUT2D eigenvalue weighted by atomic mass is 9.71. The van der Waals surface area contributed by atoms with Crippen molar-refractivity contribution in [2.24, 2.45) is 17.4 Å². The average molecular weight is 375 g/mol. The molecule has 0 rings (SSSR count). The molecule has 7 nitrogen and oxygen atoms in total. The lowest BCUT2D eigenvalue weighted by Crippen LogP contribution is -2.90. The molecule has 0 bridgehead atoms. The van der Waals surface area contributed by atoms with E-state index >= 15 is 0 Å². The van der Waals surface area contributed by atoms with E-state index in [0.717, 1.165) is 24.4 Å². The van der Waals surface area contributed by atoms with Crippen LogP contribution in [0.15, 0.2) is 0 Å². The number of hydrogen-bond acceptors (Lipinski definition) is 6. The first-order chi connectivity index (χ1) is 11.8. The predicted octanol–water partition coefficient (Wildman–Crippen LogP) is 2.90. The maximum absolute atomic E-state index is 13.5. The highest BCUT2D eigenvalue weighted by Crippen LogP contribution is 2.46. The van der Waals surface area contributed by atoms with Crippen molar-refractivity contribution in [3.05, 3.63) is 5.21 Å². The summed E-state index contributed by atoms with van der Waals surface area (Å²) in [7, 11) is 0. The topological polar surface area (TPSA) is 116 Å². The summed E-state index contributed by atoms with van der Waals surface area (Å²) < 4.78 is -0.264. The molecule has 0 saturated heterocycles. The van der Waals surface area contributed by atoms with E-state index in [0.29, 0.717) is 19.3 Å². The van der Waals surface area contributed by atoms with E-state index in [2.05, 4.69) is 33.0 Å². The zero-order chi connectivity index (χ0) is 21.0. The number of nitrogens with two attached hydrogens (primary N) is 3. The van der Waals surface area contributed by atoms with Crippen molar-refractivity contribution in [3.63, 3.8) is 0 Å². The van der Waals surface area contributed by atoms with Crippen molar-refractivity contribution < 1.29 is 4.70 Å². The zero-order valence-electron chi connectivity index (χ0n) is 18.8. The number of hydrogen-bond donors (Lipinski definition) is 4. The van der Waals surface area contributed by atoms with Gasteiger partial charge in [-0.2, -0.15) is 16.4 Å². The van der Waals surface area contributed by atoms with E-state index in [1.165, 1.54) is 0 Å². The minimum atomic E-state index is -0.986. The number of hydroxylamine groups is 2. The van der Waals surface area contributed by atoms with Crippen LogP contribution in [-0.2, 0) is 0 Å². The van der Waals surface area contributed by atoms with E-state index in [-0.39, 0.29) is 4.70 Å². The van der Waals surface area contributed by atoms with Crippen molar-refractivity contribution in [1.29, 1.82) is 0 Å². The van der Waals surface area contributed by atoms with E-state index in [1.54, 1.807) is 6.92 Å². The van der Waals surface area contributed by atoms with E-state index < -0.39 is 22.4 Å². The Labute approximate surface area is 161 Å². The van der Waals surface area contributed by atoms with Gasteiger partial charge in [0.2, 0.25) is 0 Å². The molecular weight excluding hydrogens is 328 g/mol. The molecule has 0 aromatic rings. The summed E-state index contributed by atoms with van der Waals surface area (Å²) in [5.41, 5.74) is 3.27. The molecule has 7 heteroatoms. The molecule has 3 unspecified atom stereocenters. The summed E-state index contributed by atoms with van der Waals surface area (Å²) in [6.45, 7) is 18.7. The smallest absolute Gasteiger partial charge is 0.188 e. The quantitative estimate of drug-likeness (QED) is 0.181. The van der Waals surface area contributed by atoms with Crippen molar-refractivity contribution in [2.75, 3.05) is 6.54 Å². The van der Waals surface area contributed by atoms with Gasteiger partial charge in [-0.05, 0) is 40.2 Å². The highest BCUT2D eigenvalue weighted by molar-refractivity contribution is 5.06. The number of rotatable bonds is 12. The van der Waals surface area contributed by atoms with Crippen LogP contribution >= 0.6 is 0 Å². The second-order valence-electron chi connectivity index (χ2n) is 8.31. The van der Waals surface area contributed by atoms with Crippen LogP contribution in [0.3, 0.4) is 0 Å². The van der Waals surface area contributed by atoms with Crippen molar-refractivity contribution in [3.8, 4) is 0 Å². The molecule has 0 aliphatic rings. The van der Waals surface area contributed by atoms with Crippen LogP contribution in [0, 0.1) is 5.21 Å². The summed E-state index contributed by atoms with van der Waals surface area (Å²) >= 11 is 0. The van der Waals surface area contributed by atoms with Crippen molar-refractivity contribution >= 4 is 0 Å². The Bertz CT molecular complexity index is 431. The second kappa shape index (κ2) is 8.82. The summed E-state index contributed by atoms with van der Waals surface area (Å²) in [4.78, 5) is 0. The fourth-order valence-corrected chi connectivity index (χ4v) is 4.45. The largest absolute Gasteiger partial charge is 0.783 e. The first-order valence-electron chi connectivity index (χ1n) is 10.2. The monoisotopic (exact) mass is 374 g/mol. The molecule has 3 atom stereocenters. The Balaban J connectivity index is 6.59. The van der Waals surface area contributed by atoms with Gasteiger partial charge in [-0.25, -0.2) is 0 Å². The van der Waals surface area contributed by atoms with Gasteiger partial charge in [0.1, 0.15) is 0 Å². The second-order valence-corrected chi connectivity index (χ2v) is 8.31. The fraction of sp³-hybridized carbons (Fsp3) is 1.00. The normalized spacial score (nSPS) is 20.5. The predicted molar refractivity (Wildman–Crippen MR) is 111 cm³/mol. The van der Waals surface area contributed by atoms with Crippen LogP contribution < -0.4 is 22.7 Å². The van der Waals surface area contributed by atoms with Crippen LogP contribution in [0.1, 0.15) is 94.4 Å². The highest BCUT2D eigenvalue weighted by atomic mass is 16.5. The number of nitrogens with one attached hydrogen (secondary N) is 1. The lowest BCUT2D eigenvalue weighted by molar-refractivity contribution is -1.05. The molecule has 158 valence electrons. The zero-order valence-corrected chi connectivity index (χ0v) is 18.8. The summed E-state index contributed by atoms with van der Waals surface area (Å²) in [6, 6.07) is 0. The molecule has 0 aliphatic carbocycles. The average Bonchev–Trinajstić information content (AvgIpc) is 2.63. The van der Waals surface area contributed by atoms with Gasteiger partial charge in [0.25, 0.3) is 0 Å². The Morgan fingerprint density at radius 1 is 0.846 bits per heavy atom. The molecule has 0 amide bonds. The van der Waals surface area contributed by atoms with Crippen LogP contribution in [-0.4, -0.2) is 38.7 Å². The van der Waals surface area contributed by atoms with Crippen LogP contribution in [0.4, 0.5) is 0 Å². The van der Waals surface area contributed by atoms with Crippen LogP contribution in [0.5, 0.6) is 0 Å². The van der Waals surface area contributed by atoms with Crippen molar-refractivity contribution in [2.45, 2.75) is 117 Å². The minimum absolute atomic E-state index is 0.264. The Morgan fingerprint density at radius 2 is 1.31 bits per heavy atom. The van der Waals surface area contributed by atoms with Crippen LogP contribution in [0.2, 0.25) is 0 Å². The van der Waals surface area contributed by atoms with E-state index in [9.17, 15) is 5.21 Å². The molecule has 0 aromatic heterocycles. The maximum atomic E-state index is 13.5. The highest BCUT2D eigenvalue weighted by Gasteiger charge is 2.64. The van der Waals surface area contributed by atoms with Gasteiger partial charge in [0.05, 0.1) is 11.2 Å². The SMILES string of the molecule is CCNC(CC)(CC)[N+](N)(N)C(C)(CC)C(C)(CC)N([O-])C(C)(N)CC. The van der Waals surface area contributed by atoms with E-state index in [4.69, 9.17) is 17.4 Å². The van der Waals surface area contributed by atoms with Gasteiger partial charge in [-0.1, -0.05) is 41.5 Å². The standard InChI is InChI=1S/C19H46N6O/c1-10-16(7,24(26)18(9,20)12-3)17(8,11-2)25(21,22)19(13-4,14-5)23-15-6/h23H,10-15,20-22H2,1-9H3. The van der Waals surface area contributed by atoms with Crippen LogP contribution in [0.25, 0.3) is 0 Å². The Hall–Kier alpha value is -0.280. The lowest BCUT2D eigenvalue weighted by Gasteiger charge is -2.66. The first kappa shape index (κ1) is 25.7. The van der Waals surface area contributed by atoms with Gasteiger partial charge in [-0.3, -0.25) is 5.32 Å².